The van der Waals surface area contributed by atoms with Crippen molar-refractivity contribution in [2.45, 2.75) is 0 Å². The van der Waals surface area contributed by atoms with Crippen LogP contribution in [0.25, 0.3) is 0 Å². The second-order valence-corrected chi connectivity index (χ2v) is 3.57. The van der Waals surface area contributed by atoms with Crippen molar-refractivity contribution < 1.29 is 9.90 Å². The first kappa shape index (κ1) is 10.6. The lowest BCUT2D eigenvalue weighted by atomic mass is 10.3. The predicted octanol–water partition coefficient (Wildman–Crippen LogP) is 2.06. The van der Waals surface area contributed by atoms with Crippen molar-refractivity contribution in [1.29, 1.82) is 0 Å². The van der Waals surface area contributed by atoms with Crippen LogP contribution in [0.15, 0.2) is 53.3 Å². The summed E-state index contributed by atoms with van der Waals surface area (Å²) in [5.74, 6) is -1.09. The van der Waals surface area contributed by atoms with E-state index < -0.39 is 5.97 Å². The molecule has 0 atom stereocenters. The summed E-state index contributed by atoms with van der Waals surface area (Å²) in [6, 6.07) is 9.33. The van der Waals surface area contributed by atoms with Gasteiger partial charge in [0, 0.05) is 6.20 Å². The summed E-state index contributed by atoms with van der Waals surface area (Å²) >= 11 is 5.75. The fraction of sp³-hybridized carbons (Fsp3) is 0. The Bertz CT molecular complexity index is 468. The van der Waals surface area contributed by atoms with E-state index in [0.717, 1.165) is 5.69 Å². The fourth-order valence-corrected chi connectivity index (χ4v) is 1.50. The van der Waals surface area contributed by atoms with Crippen molar-refractivity contribution in [2.75, 3.05) is 5.01 Å². The fourth-order valence-electron chi connectivity index (χ4n) is 1.32. The lowest BCUT2D eigenvalue weighted by Gasteiger charge is -2.25. The molecule has 0 aromatic heterocycles. The van der Waals surface area contributed by atoms with E-state index >= 15 is 0 Å². The van der Waals surface area contributed by atoms with Crippen LogP contribution in [0, 0.1) is 0 Å². The Morgan fingerprint density at radius 2 is 2.00 bits per heavy atom. The van der Waals surface area contributed by atoms with Crippen LogP contribution in [-0.4, -0.2) is 11.1 Å². The van der Waals surface area contributed by atoms with Crippen LogP contribution in [0.3, 0.4) is 0 Å². The van der Waals surface area contributed by atoms with Crippen molar-refractivity contribution in [1.82, 2.24) is 5.43 Å². The van der Waals surface area contributed by atoms with Gasteiger partial charge in [-0.25, -0.2) is 4.79 Å². The molecule has 2 N–H and O–H groups in total. The van der Waals surface area contributed by atoms with Crippen LogP contribution in [0.2, 0.25) is 0 Å². The molecule has 1 aliphatic rings. The minimum absolute atomic E-state index is 0.0342. The number of rotatable bonds is 2. The molecule has 0 bridgehead atoms. The van der Waals surface area contributed by atoms with Crippen LogP contribution in [0.4, 0.5) is 5.69 Å². The van der Waals surface area contributed by atoms with Crippen LogP contribution >= 0.6 is 11.6 Å². The first-order valence-corrected chi connectivity index (χ1v) is 4.98. The Labute approximate surface area is 97.4 Å². The van der Waals surface area contributed by atoms with Gasteiger partial charge in [-0.3, -0.25) is 10.4 Å². The van der Waals surface area contributed by atoms with Crippen molar-refractivity contribution in [3.8, 4) is 0 Å². The molecule has 82 valence electrons. The number of benzene rings is 1. The number of hydrogen-bond acceptors (Lipinski definition) is 3. The normalized spacial score (nSPS) is 14.9. The third-order valence-corrected chi connectivity index (χ3v) is 2.40. The molecule has 1 aromatic rings. The number of carboxylic acids is 1. The summed E-state index contributed by atoms with van der Waals surface area (Å²) in [6.45, 7) is 0. The maximum Gasteiger partial charge on any atom is 0.355 e. The smallest absolute Gasteiger partial charge is 0.355 e. The maximum atomic E-state index is 10.9. The standard InChI is InChI=1S/C11H9ClN2O2/c12-9-6-7-14(13-10(9)11(15)16)8-4-2-1-3-5-8/h1-7,13H,(H,15,16). The first-order chi connectivity index (χ1) is 7.68. The highest BCUT2D eigenvalue weighted by Crippen LogP contribution is 2.20. The minimum atomic E-state index is -1.09. The van der Waals surface area contributed by atoms with Crippen molar-refractivity contribution >= 4 is 23.3 Å². The molecule has 1 heterocycles. The van der Waals surface area contributed by atoms with Crippen LogP contribution < -0.4 is 10.4 Å². The zero-order valence-corrected chi connectivity index (χ0v) is 8.98. The van der Waals surface area contributed by atoms with Crippen LogP contribution in [-0.2, 0) is 4.79 Å². The number of para-hydroxylation sites is 1. The second kappa shape index (κ2) is 4.28. The average Bonchev–Trinajstić information content (AvgIpc) is 2.30. The molecule has 0 fully saturated rings. The van der Waals surface area contributed by atoms with Gasteiger partial charge in [0.2, 0.25) is 0 Å². The summed E-state index contributed by atoms with van der Waals surface area (Å²) < 4.78 is 0. The average molecular weight is 237 g/mol. The number of aliphatic carboxylic acids is 1. The molecule has 0 saturated heterocycles. The van der Waals surface area contributed by atoms with Crippen LogP contribution in [0.5, 0.6) is 0 Å². The zero-order valence-electron chi connectivity index (χ0n) is 8.22. The van der Waals surface area contributed by atoms with E-state index in [4.69, 9.17) is 16.7 Å². The van der Waals surface area contributed by atoms with Gasteiger partial charge in [0.25, 0.3) is 0 Å². The number of hydrazine groups is 1. The summed E-state index contributed by atoms with van der Waals surface area (Å²) in [5.41, 5.74) is 3.51. The Morgan fingerprint density at radius 1 is 1.31 bits per heavy atom. The largest absolute Gasteiger partial charge is 0.476 e. The zero-order chi connectivity index (χ0) is 11.5. The molecule has 16 heavy (non-hydrogen) atoms. The number of nitrogens with one attached hydrogen (secondary N) is 1. The van der Waals surface area contributed by atoms with Gasteiger partial charge in [-0.2, -0.15) is 0 Å². The van der Waals surface area contributed by atoms with E-state index in [2.05, 4.69) is 5.43 Å². The molecule has 2 rings (SSSR count). The number of hydrogen-bond donors (Lipinski definition) is 2. The SMILES string of the molecule is O=C(O)C1=C(Cl)C=CN(c2ccccc2)N1. The van der Waals surface area contributed by atoms with Gasteiger partial charge in [-0.1, -0.05) is 29.8 Å². The number of carboxylic acid groups (broad SMARTS) is 1. The molecule has 4 nitrogen and oxygen atoms in total. The third-order valence-electron chi connectivity index (χ3n) is 2.09. The minimum Gasteiger partial charge on any atom is -0.476 e. The molecule has 1 aromatic carbocycles. The Kier molecular flexibility index (Phi) is 2.83. The lowest BCUT2D eigenvalue weighted by molar-refractivity contribution is -0.133. The first-order valence-electron chi connectivity index (χ1n) is 4.60. The molecule has 0 spiro atoms. The van der Waals surface area contributed by atoms with E-state index in [-0.39, 0.29) is 10.7 Å². The van der Waals surface area contributed by atoms with E-state index in [1.165, 1.54) is 6.08 Å². The third kappa shape index (κ3) is 2.01. The Morgan fingerprint density at radius 3 is 2.62 bits per heavy atom. The molecular weight excluding hydrogens is 228 g/mol. The van der Waals surface area contributed by atoms with Crippen molar-refractivity contribution in [3.63, 3.8) is 0 Å². The molecule has 0 unspecified atom stereocenters. The molecule has 5 heteroatoms. The van der Waals surface area contributed by atoms with Gasteiger partial charge in [-0.15, -0.1) is 0 Å². The van der Waals surface area contributed by atoms with Gasteiger partial charge >= 0.3 is 5.97 Å². The molecule has 1 aliphatic heterocycles. The molecule has 0 amide bonds. The lowest BCUT2D eigenvalue weighted by Crippen LogP contribution is -2.38. The number of allylic oxidation sites excluding steroid dienone is 2. The quantitative estimate of drug-likeness (QED) is 0.825. The molecule has 0 radical (unpaired) electrons. The van der Waals surface area contributed by atoms with Gasteiger partial charge in [0.05, 0.1) is 10.7 Å². The second-order valence-electron chi connectivity index (χ2n) is 3.16. The maximum absolute atomic E-state index is 10.9. The molecular formula is C11H9ClN2O2. The monoisotopic (exact) mass is 236 g/mol. The Hall–Kier alpha value is -1.94. The van der Waals surface area contributed by atoms with Gasteiger partial charge in [0.1, 0.15) is 0 Å². The molecule has 0 aliphatic carbocycles. The van der Waals surface area contributed by atoms with Gasteiger partial charge in [0.15, 0.2) is 5.70 Å². The van der Waals surface area contributed by atoms with E-state index in [0.29, 0.717) is 0 Å². The van der Waals surface area contributed by atoms with Gasteiger partial charge in [-0.05, 0) is 18.2 Å². The summed E-state index contributed by atoms with van der Waals surface area (Å²) in [5, 5.41) is 10.7. The van der Waals surface area contributed by atoms with E-state index in [1.807, 2.05) is 30.3 Å². The predicted molar refractivity (Wildman–Crippen MR) is 61.7 cm³/mol. The summed E-state index contributed by atoms with van der Waals surface area (Å²) in [7, 11) is 0. The van der Waals surface area contributed by atoms with Crippen molar-refractivity contribution in [2.24, 2.45) is 0 Å². The van der Waals surface area contributed by atoms with E-state index in [9.17, 15) is 4.79 Å². The highest BCUT2D eigenvalue weighted by Gasteiger charge is 2.18. The number of carbonyl (C=O) groups is 1. The summed E-state index contributed by atoms with van der Waals surface area (Å²) in [4.78, 5) is 10.9. The highest BCUT2D eigenvalue weighted by molar-refractivity contribution is 6.33. The summed E-state index contributed by atoms with van der Waals surface area (Å²) in [6.07, 6.45) is 3.21. The van der Waals surface area contributed by atoms with E-state index in [1.54, 1.807) is 11.2 Å². The Balaban J connectivity index is 2.26. The number of halogens is 1. The highest BCUT2D eigenvalue weighted by atomic mass is 35.5. The topological polar surface area (TPSA) is 52.6 Å². The van der Waals surface area contributed by atoms with Crippen LogP contribution in [0.1, 0.15) is 0 Å². The van der Waals surface area contributed by atoms with Crippen molar-refractivity contribution in [3.05, 3.63) is 53.3 Å². The van der Waals surface area contributed by atoms with Gasteiger partial charge < -0.3 is 5.11 Å². The molecule has 0 saturated carbocycles. The number of nitrogens with zero attached hydrogens (tertiary/aromatic N) is 1. The number of anilines is 1.